The van der Waals surface area contributed by atoms with E-state index in [0.29, 0.717) is 17.7 Å². The third-order valence-corrected chi connectivity index (χ3v) is 3.06. The monoisotopic (exact) mass is 343 g/mol. The van der Waals surface area contributed by atoms with E-state index < -0.39 is 24.0 Å². The van der Waals surface area contributed by atoms with Gasteiger partial charge in [0, 0.05) is 11.1 Å². The lowest BCUT2D eigenvalue weighted by atomic mass is 10.1. The molecule has 25 heavy (non-hydrogen) atoms. The van der Waals surface area contributed by atoms with Crippen LogP contribution in [-0.2, 0) is 4.79 Å². The predicted octanol–water partition coefficient (Wildman–Crippen LogP) is -0.412. The van der Waals surface area contributed by atoms with Gasteiger partial charge in [-0.2, -0.15) is 0 Å². The Hall–Kier alpha value is -2.84. The van der Waals surface area contributed by atoms with Crippen molar-refractivity contribution in [2.45, 2.75) is 19.1 Å². The summed E-state index contributed by atoms with van der Waals surface area (Å²) in [4.78, 5) is 25.5. The van der Waals surface area contributed by atoms with Crippen molar-refractivity contribution in [2.75, 3.05) is 20.6 Å². The first-order valence-electron chi connectivity index (χ1n) is 7.51. The van der Waals surface area contributed by atoms with Gasteiger partial charge in [0.05, 0.1) is 12.6 Å². The summed E-state index contributed by atoms with van der Waals surface area (Å²) in [5.74, 6) is 9.75. The maximum atomic E-state index is 12.1. The number of aliphatic hydroxyl groups is 1. The van der Waals surface area contributed by atoms with E-state index in [-0.39, 0.29) is 0 Å². The van der Waals surface area contributed by atoms with Crippen molar-refractivity contribution in [3.8, 4) is 23.7 Å². The number of carbonyl (C=O) groups is 2. The van der Waals surface area contributed by atoms with E-state index in [0.717, 1.165) is 0 Å². The minimum absolute atomic E-state index is 0.292. The second-order valence-corrected chi connectivity index (χ2v) is 5.53. The molecule has 0 aliphatic carbocycles. The molecule has 0 bridgehead atoms. The number of amides is 2. The van der Waals surface area contributed by atoms with Crippen LogP contribution in [0.15, 0.2) is 24.3 Å². The normalized spacial score (nSPS) is 12.1. The summed E-state index contributed by atoms with van der Waals surface area (Å²) in [5, 5.41) is 20.5. The van der Waals surface area contributed by atoms with Gasteiger partial charge in [0.25, 0.3) is 11.8 Å². The van der Waals surface area contributed by atoms with E-state index in [1.807, 2.05) is 19.0 Å². The Morgan fingerprint density at radius 1 is 1.20 bits per heavy atom. The summed E-state index contributed by atoms with van der Waals surface area (Å²) in [6.45, 7) is 1.95. The SMILES string of the molecule is C[C@@H](O)[C@H](NC(=O)c1ccc(C#CC#CCN(C)C)cc1)C(=O)NO. The second kappa shape index (κ2) is 10.1. The van der Waals surface area contributed by atoms with E-state index in [1.54, 1.807) is 24.3 Å². The molecule has 0 radical (unpaired) electrons. The largest absolute Gasteiger partial charge is 0.391 e. The van der Waals surface area contributed by atoms with E-state index >= 15 is 0 Å². The van der Waals surface area contributed by atoms with Crippen LogP contribution in [0.5, 0.6) is 0 Å². The smallest absolute Gasteiger partial charge is 0.268 e. The van der Waals surface area contributed by atoms with Crippen LogP contribution in [0.3, 0.4) is 0 Å². The zero-order valence-electron chi connectivity index (χ0n) is 14.3. The van der Waals surface area contributed by atoms with Crippen LogP contribution in [0.1, 0.15) is 22.8 Å². The van der Waals surface area contributed by atoms with Crippen LogP contribution in [0.4, 0.5) is 0 Å². The van der Waals surface area contributed by atoms with Gasteiger partial charge in [-0.05, 0) is 57.1 Å². The Balaban J connectivity index is 2.75. The van der Waals surface area contributed by atoms with Crippen LogP contribution in [0.2, 0.25) is 0 Å². The predicted molar refractivity (Wildman–Crippen MR) is 92.5 cm³/mol. The van der Waals surface area contributed by atoms with Crippen LogP contribution >= 0.6 is 0 Å². The number of nitrogens with zero attached hydrogens (tertiary/aromatic N) is 1. The highest BCUT2D eigenvalue weighted by molar-refractivity contribution is 5.97. The van der Waals surface area contributed by atoms with Gasteiger partial charge in [-0.25, -0.2) is 5.48 Å². The number of benzene rings is 1. The lowest BCUT2D eigenvalue weighted by molar-refractivity contribution is -0.133. The third-order valence-electron chi connectivity index (χ3n) is 3.06. The Morgan fingerprint density at radius 2 is 1.84 bits per heavy atom. The molecule has 0 spiro atoms. The highest BCUT2D eigenvalue weighted by atomic mass is 16.5. The van der Waals surface area contributed by atoms with Crippen LogP contribution in [0.25, 0.3) is 0 Å². The maximum Gasteiger partial charge on any atom is 0.268 e. The van der Waals surface area contributed by atoms with Crippen LogP contribution in [-0.4, -0.2) is 59.8 Å². The fraction of sp³-hybridized carbons (Fsp3) is 0.333. The van der Waals surface area contributed by atoms with Crippen molar-refractivity contribution in [1.82, 2.24) is 15.7 Å². The number of hydrogen-bond donors (Lipinski definition) is 4. The number of hydrogen-bond acceptors (Lipinski definition) is 5. The minimum Gasteiger partial charge on any atom is -0.391 e. The zero-order chi connectivity index (χ0) is 18.8. The number of rotatable bonds is 5. The van der Waals surface area contributed by atoms with Crippen molar-refractivity contribution in [2.24, 2.45) is 0 Å². The molecular weight excluding hydrogens is 322 g/mol. The first kappa shape index (κ1) is 20.2. The molecule has 0 fully saturated rings. The molecule has 1 aromatic rings. The molecule has 0 heterocycles. The first-order chi connectivity index (χ1) is 11.8. The molecule has 1 aromatic carbocycles. The summed E-state index contributed by atoms with van der Waals surface area (Å²) in [6, 6.07) is 5.13. The van der Waals surface area contributed by atoms with Crippen molar-refractivity contribution in [3.63, 3.8) is 0 Å². The van der Waals surface area contributed by atoms with E-state index in [2.05, 4.69) is 29.0 Å². The molecule has 2 amide bonds. The van der Waals surface area contributed by atoms with Crippen LogP contribution < -0.4 is 10.8 Å². The number of hydroxylamine groups is 1. The molecule has 7 nitrogen and oxygen atoms in total. The number of aliphatic hydroxyl groups excluding tert-OH is 1. The molecule has 0 aliphatic heterocycles. The lowest BCUT2D eigenvalue weighted by Gasteiger charge is -2.19. The maximum absolute atomic E-state index is 12.1. The van der Waals surface area contributed by atoms with Gasteiger partial charge in [0.1, 0.15) is 6.04 Å². The van der Waals surface area contributed by atoms with Gasteiger partial charge < -0.3 is 10.4 Å². The lowest BCUT2D eigenvalue weighted by Crippen LogP contribution is -2.51. The first-order valence-corrected chi connectivity index (χ1v) is 7.51. The molecule has 0 unspecified atom stereocenters. The molecule has 0 saturated heterocycles. The van der Waals surface area contributed by atoms with E-state index in [9.17, 15) is 14.7 Å². The highest BCUT2D eigenvalue weighted by Gasteiger charge is 2.25. The highest BCUT2D eigenvalue weighted by Crippen LogP contribution is 2.05. The summed E-state index contributed by atoms with van der Waals surface area (Å²) >= 11 is 0. The van der Waals surface area contributed by atoms with Crippen molar-refractivity contribution in [3.05, 3.63) is 35.4 Å². The summed E-state index contributed by atoms with van der Waals surface area (Å²) < 4.78 is 0. The van der Waals surface area contributed by atoms with Crippen molar-refractivity contribution >= 4 is 11.8 Å². The molecule has 0 saturated carbocycles. The summed E-state index contributed by atoms with van der Waals surface area (Å²) in [7, 11) is 3.83. The molecule has 1 rings (SSSR count). The molecule has 4 N–H and O–H groups in total. The second-order valence-electron chi connectivity index (χ2n) is 5.53. The van der Waals surface area contributed by atoms with Gasteiger partial charge in [-0.3, -0.25) is 19.7 Å². The molecule has 132 valence electrons. The number of carbonyl (C=O) groups excluding carboxylic acids is 2. The van der Waals surface area contributed by atoms with Gasteiger partial charge in [-0.15, -0.1) is 0 Å². The van der Waals surface area contributed by atoms with Crippen molar-refractivity contribution < 1.29 is 19.9 Å². The van der Waals surface area contributed by atoms with Gasteiger partial charge >= 0.3 is 0 Å². The van der Waals surface area contributed by atoms with E-state index in [1.165, 1.54) is 12.4 Å². The average molecular weight is 343 g/mol. The quantitative estimate of drug-likeness (QED) is 0.331. The van der Waals surface area contributed by atoms with Gasteiger partial charge in [0.2, 0.25) is 0 Å². The van der Waals surface area contributed by atoms with Crippen LogP contribution in [0, 0.1) is 23.7 Å². The number of nitrogens with one attached hydrogen (secondary N) is 2. The third kappa shape index (κ3) is 7.06. The zero-order valence-corrected chi connectivity index (χ0v) is 14.3. The Labute approximate surface area is 147 Å². The van der Waals surface area contributed by atoms with Crippen molar-refractivity contribution in [1.29, 1.82) is 0 Å². The topological polar surface area (TPSA) is 102 Å². The van der Waals surface area contributed by atoms with Gasteiger partial charge in [0.15, 0.2) is 0 Å². The summed E-state index contributed by atoms with van der Waals surface area (Å²) in [6.07, 6.45) is -1.16. The standard InChI is InChI=1S/C18H21N3O4/c1-13(22)16(18(24)20-25)19-17(23)15-10-8-14(9-11-15)7-5-4-6-12-21(2)3/h8-11,13,16,22,25H,12H2,1-3H3,(H,19,23)(H,20,24)/t13-,16+/m1/s1. The molecular formula is C18H21N3O4. The van der Waals surface area contributed by atoms with Gasteiger partial charge in [-0.1, -0.05) is 11.8 Å². The molecule has 0 aromatic heterocycles. The fourth-order valence-electron chi connectivity index (χ4n) is 1.75. The fourth-order valence-corrected chi connectivity index (χ4v) is 1.75. The Kier molecular flexibility index (Phi) is 8.17. The average Bonchev–Trinajstić information content (AvgIpc) is 2.58. The molecule has 0 aliphatic rings. The Morgan fingerprint density at radius 3 is 2.36 bits per heavy atom. The molecule has 7 heteroatoms. The molecule has 2 atom stereocenters. The minimum atomic E-state index is -1.26. The Bertz CT molecular complexity index is 719. The summed E-state index contributed by atoms with van der Waals surface area (Å²) in [5.41, 5.74) is 2.39. The van der Waals surface area contributed by atoms with E-state index in [4.69, 9.17) is 5.21 Å².